The van der Waals surface area contributed by atoms with Crippen LogP contribution in [-0.4, -0.2) is 15.1 Å². The number of nitrogens with zero attached hydrogens (tertiary/aromatic N) is 3. The molecule has 0 spiro atoms. The van der Waals surface area contributed by atoms with Crippen molar-refractivity contribution in [1.82, 2.24) is 15.1 Å². The van der Waals surface area contributed by atoms with E-state index in [9.17, 15) is 8.78 Å². The predicted molar refractivity (Wildman–Crippen MR) is 75.0 cm³/mol. The Morgan fingerprint density at radius 2 is 1.95 bits per heavy atom. The van der Waals surface area contributed by atoms with Crippen molar-refractivity contribution in [2.45, 2.75) is 0 Å². The molecule has 0 atom stereocenters. The predicted octanol–water partition coefficient (Wildman–Crippen LogP) is 3.42. The maximum atomic E-state index is 13.5. The maximum absolute atomic E-state index is 13.5. The summed E-state index contributed by atoms with van der Waals surface area (Å²) >= 11 is 2.98. The SMILES string of the molecule is Nc1ccc(-c2nc(-c3ccc(F)c(F)c3Br)no2)cn1. The molecular weight excluding hydrogens is 346 g/mol. The van der Waals surface area contributed by atoms with E-state index in [0.29, 0.717) is 11.4 Å². The van der Waals surface area contributed by atoms with E-state index in [0.717, 1.165) is 6.07 Å². The minimum Gasteiger partial charge on any atom is -0.384 e. The summed E-state index contributed by atoms with van der Waals surface area (Å²) in [4.78, 5) is 8.05. The number of rotatable bonds is 2. The fourth-order valence-electron chi connectivity index (χ4n) is 1.68. The number of pyridine rings is 1. The Kier molecular flexibility index (Phi) is 3.38. The van der Waals surface area contributed by atoms with Crippen molar-refractivity contribution in [3.63, 3.8) is 0 Å². The molecule has 0 aliphatic carbocycles. The Bertz CT molecular complexity index is 804. The number of nitrogens with two attached hydrogens (primary N) is 1. The van der Waals surface area contributed by atoms with Gasteiger partial charge in [-0.1, -0.05) is 5.16 Å². The van der Waals surface area contributed by atoms with Crippen molar-refractivity contribution in [3.05, 3.63) is 46.6 Å². The second-order valence-electron chi connectivity index (χ2n) is 4.12. The van der Waals surface area contributed by atoms with Gasteiger partial charge in [0, 0.05) is 11.8 Å². The number of hydrogen-bond acceptors (Lipinski definition) is 5. The number of aromatic nitrogens is 3. The summed E-state index contributed by atoms with van der Waals surface area (Å²) in [5.41, 5.74) is 6.35. The number of nitrogen functional groups attached to an aromatic ring is 1. The van der Waals surface area contributed by atoms with Gasteiger partial charge in [-0.2, -0.15) is 4.98 Å². The third-order valence-electron chi connectivity index (χ3n) is 2.74. The van der Waals surface area contributed by atoms with E-state index in [4.69, 9.17) is 10.3 Å². The number of hydrogen-bond donors (Lipinski definition) is 1. The van der Waals surface area contributed by atoms with Crippen LogP contribution in [0.4, 0.5) is 14.6 Å². The number of halogens is 3. The molecule has 5 nitrogen and oxygen atoms in total. The van der Waals surface area contributed by atoms with Crippen molar-refractivity contribution in [3.8, 4) is 22.8 Å². The summed E-state index contributed by atoms with van der Waals surface area (Å²) in [6.07, 6.45) is 1.48. The maximum Gasteiger partial charge on any atom is 0.259 e. The highest BCUT2D eigenvalue weighted by atomic mass is 79.9. The highest BCUT2D eigenvalue weighted by molar-refractivity contribution is 9.10. The molecule has 0 saturated carbocycles. The van der Waals surface area contributed by atoms with E-state index in [-0.39, 0.29) is 21.8 Å². The normalized spacial score (nSPS) is 10.8. The van der Waals surface area contributed by atoms with Crippen LogP contribution >= 0.6 is 15.9 Å². The first-order valence-electron chi connectivity index (χ1n) is 5.75. The molecule has 0 unspecified atom stereocenters. The van der Waals surface area contributed by atoms with Gasteiger partial charge in [-0.3, -0.25) is 0 Å². The average Bonchev–Trinajstić information content (AvgIpc) is 2.95. The second-order valence-corrected chi connectivity index (χ2v) is 4.91. The molecule has 0 radical (unpaired) electrons. The Hall–Kier alpha value is -2.35. The Morgan fingerprint density at radius 3 is 2.67 bits per heavy atom. The van der Waals surface area contributed by atoms with Gasteiger partial charge in [-0.25, -0.2) is 13.8 Å². The third kappa shape index (κ3) is 2.49. The number of anilines is 1. The van der Waals surface area contributed by atoms with Crippen molar-refractivity contribution in [1.29, 1.82) is 0 Å². The van der Waals surface area contributed by atoms with Gasteiger partial charge in [-0.05, 0) is 40.2 Å². The van der Waals surface area contributed by atoms with Crippen LogP contribution in [-0.2, 0) is 0 Å². The highest BCUT2D eigenvalue weighted by Gasteiger charge is 2.17. The monoisotopic (exact) mass is 352 g/mol. The molecule has 0 bridgehead atoms. The zero-order valence-corrected chi connectivity index (χ0v) is 11.9. The summed E-state index contributed by atoms with van der Waals surface area (Å²) in [6, 6.07) is 5.61. The minimum absolute atomic E-state index is 0.0646. The molecule has 8 heteroatoms. The average molecular weight is 353 g/mol. The summed E-state index contributed by atoms with van der Waals surface area (Å²) in [7, 11) is 0. The minimum atomic E-state index is -1.01. The van der Waals surface area contributed by atoms with Gasteiger partial charge >= 0.3 is 0 Å². The summed E-state index contributed by atoms with van der Waals surface area (Å²) in [5, 5.41) is 3.75. The molecule has 21 heavy (non-hydrogen) atoms. The van der Waals surface area contributed by atoms with Crippen LogP contribution in [0.5, 0.6) is 0 Å². The molecule has 3 aromatic rings. The van der Waals surface area contributed by atoms with Crippen molar-refractivity contribution in [2.75, 3.05) is 5.73 Å². The molecule has 2 aromatic heterocycles. The molecule has 0 aliphatic heterocycles. The van der Waals surface area contributed by atoms with E-state index >= 15 is 0 Å². The largest absolute Gasteiger partial charge is 0.384 e. The van der Waals surface area contributed by atoms with Crippen molar-refractivity contribution < 1.29 is 13.3 Å². The van der Waals surface area contributed by atoms with Gasteiger partial charge in [0.1, 0.15) is 5.82 Å². The fourth-order valence-corrected chi connectivity index (χ4v) is 2.18. The first-order valence-corrected chi connectivity index (χ1v) is 6.55. The lowest BCUT2D eigenvalue weighted by molar-refractivity contribution is 0.432. The molecule has 1 aromatic carbocycles. The molecule has 106 valence electrons. The van der Waals surface area contributed by atoms with Gasteiger partial charge < -0.3 is 10.3 Å². The quantitative estimate of drug-likeness (QED) is 0.715. The topological polar surface area (TPSA) is 77.8 Å². The summed E-state index contributed by atoms with van der Waals surface area (Å²) in [6.45, 7) is 0. The van der Waals surface area contributed by atoms with Crippen LogP contribution in [0.1, 0.15) is 0 Å². The van der Waals surface area contributed by atoms with E-state index < -0.39 is 11.6 Å². The molecular formula is C13H7BrF2N4O. The lowest BCUT2D eigenvalue weighted by Crippen LogP contribution is -1.91. The first kappa shape index (κ1) is 13.6. The lowest BCUT2D eigenvalue weighted by Gasteiger charge is -2.01. The molecule has 0 aliphatic rings. The first-order chi connectivity index (χ1) is 10.1. The Balaban J connectivity index is 2.03. The zero-order valence-electron chi connectivity index (χ0n) is 10.3. The fraction of sp³-hybridized carbons (Fsp3) is 0. The summed E-state index contributed by atoms with van der Waals surface area (Å²) < 4.78 is 31.6. The standard InChI is InChI=1S/C13H7BrF2N4O/c14-10-7(2-3-8(15)11(10)16)12-19-13(21-20-12)6-1-4-9(17)18-5-6/h1-5H,(H2,17,18). The van der Waals surface area contributed by atoms with Crippen LogP contribution in [0.25, 0.3) is 22.8 Å². The smallest absolute Gasteiger partial charge is 0.259 e. The van der Waals surface area contributed by atoms with Crippen molar-refractivity contribution in [2.24, 2.45) is 0 Å². The van der Waals surface area contributed by atoms with Gasteiger partial charge in [0.05, 0.1) is 10.0 Å². The van der Waals surface area contributed by atoms with E-state index in [2.05, 4.69) is 31.1 Å². The second kappa shape index (κ2) is 5.21. The van der Waals surface area contributed by atoms with Gasteiger partial charge in [0.25, 0.3) is 5.89 Å². The van der Waals surface area contributed by atoms with E-state index in [1.807, 2.05) is 0 Å². The van der Waals surface area contributed by atoms with Crippen LogP contribution in [0.3, 0.4) is 0 Å². The Labute approximate surface area is 125 Å². The van der Waals surface area contributed by atoms with E-state index in [1.165, 1.54) is 12.3 Å². The lowest BCUT2D eigenvalue weighted by atomic mass is 10.2. The van der Waals surface area contributed by atoms with Crippen LogP contribution in [0.2, 0.25) is 0 Å². The third-order valence-corrected chi connectivity index (χ3v) is 3.51. The van der Waals surface area contributed by atoms with Crippen LogP contribution in [0.15, 0.2) is 39.5 Å². The molecule has 2 heterocycles. The molecule has 0 saturated heterocycles. The zero-order chi connectivity index (χ0) is 15.0. The van der Waals surface area contributed by atoms with Crippen molar-refractivity contribution >= 4 is 21.7 Å². The molecule has 0 fully saturated rings. The van der Waals surface area contributed by atoms with Gasteiger partial charge in [0.15, 0.2) is 11.6 Å². The Morgan fingerprint density at radius 1 is 1.14 bits per heavy atom. The number of benzene rings is 1. The highest BCUT2D eigenvalue weighted by Crippen LogP contribution is 2.31. The van der Waals surface area contributed by atoms with Crippen LogP contribution < -0.4 is 5.73 Å². The molecule has 2 N–H and O–H groups in total. The van der Waals surface area contributed by atoms with E-state index in [1.54, 1.807) is 12.1 Å². The molecule has 3 rings (SSSR count). The van der Waals surface area contributed by atoms with Gasteiger partial charge in [0.2, 0.25) is 5.82 Å². The molecule has 0 amide bonds. The van der Waals surface area contributed by atoms with Gasteiger partial charge in [-0.15, -0.1) is 0 Å². The summed E-state index contributed by atoms with van der Waals surface area (Å²) in [5.74, 6) is -1.27. The van der Waals surface area contributed by atoms with Crippen LogP contribution in [0, 0.1) is 11.6 Å².